The van der Waals surface area contributed by atoms with Crippen LogP contribution in [-0.4, -0.2) is 27.6 Å². The van der Waals surface area contributed by atoms with E-state index in [1.807, 2.05) is 4.72 Å². The van der Waals surface area contributed by atoms with E-state index < -0.39 is 16.1 Å². The SMILES string of the molecule is COc1cc(Br)c(N)cc1S(=O)(=O)NC(=O)NC1CC1. The monoisotopic (exact) mass is 363 g/mol. The highest BCUT2D eigenvalue weighted by Gasteiger charge is 2.27. The number of ether oxygens (including phenoxy) is 1. The van der Waals surface area contributed by atoms with Gasteiger partial charge in [0.1, 0.15) is 10.6 Å². The molecule has 1 aliphatic rings. The van der Waals surface area contributed by atoms with Crippen LogP contribution in [0, 0.1) is 0 Å². The minimum absolute atomic E-state index is 0.0575. The number of benzene rings is 1. The van der Waals surface area contributed by atoms with Crippen molar-refractivity contribution >= 4 is 37.7 Å². The van der Waals surface area contributed by atoms with Crippen LogP contribution in [0.15, 0.2) is 21.5 Å². The maximum atomic E-state index is 12.2. The van der Waals surface area contributed by atoms with Crippen molar-refractivity contribution in [3.8, 4) is 5.75 Å². The van der Waals surface area contributed by atoms with Gasteiger partial charge in [-0.25, -0.2) is 17.9 Å². The molecule has 0 radical (unpaired) electrons. The second-order valence-electron chi connectivity index (χ2n) is 4.38. The van der Waals surface area contributed by atoms with Crippen LogP contribution in [0.2, 0.25) is 0 Å². The van der Waals surface area contributed by atoms with Gasteiger partial charge in [0.05, 0.1) is 7.11 Å². The lowest BCUT2D eigenvalue weighted by Crippen LogP contribution is -2.40. The number of carbonyl (C=O) groups excluding carboxylic acids is 1. The third-order valence-electron chi connectivity index (χ3n) is 2.71. The fourth-order valence-corrected chi connectivity index (χ4v) is 2.96. The number of nitrogen functional groups attached to an aromatic ring is 1. The summed E-state index contributed by atoms with van der Waals surface area (Å²) in [5.74, 6) is 0.0952. The molecular formula is C11H14BrN3O4S. The summed E-state index contributed by atoms with van der Waals surface area (Å²) >= 11 is 3.18. The standard InChI is InChI=1S/C11H14BrN3O4S/c1-19-9-4-7(12)8(13)5-10(9)20(17,18)15-11(16)14-6-2-3-6/h4-6H,2-3,13H2,1H3,(H2,14,15,16). The lowest BCUT2D eigenvalue weighted by Gasteiger charge is -2.12. The highest BCUT2D eigenvalue weighted by Crippen LogP contribution is 2.32. The average Bonchev–Trinajstić information content (AvgIpc) is 3.14. The second kappa shape index (κ2) is 5.49. The average molecular weight is 364 g/mol. The van der Waals surface area contributed by atoms with E-state index in [9.17, 15) is 13.2 Å². The number of hydrogen-bond acceptors (Lipinski definition) is 5. The fourth-order valence-electron chi connectivity index (χ4n) is 1.54. The van der Waals surface area contributed by atoms with E-state index >= 15 is 0 Å². The van der Waals surface area contributed by atoms with Gasteiger partial charge in [0.25, 0.3) is 10.0 Å². The first-order chi connectivity index (χ1) is 9.33. The van der Waals surface area contributed by atoms with Gasteiger partial charge < -0.3 is 15.8 Å². The molecule has 0 unspecified atom stereocenters. The second-order valence-corrected chi connectivity index (χ2v) is 6.88. The predicted octanol–water partition coefficient (Wildman–Crippen LogP) is 1.19. The molecule has 4 N–H and O–H groups in total. The van der Waals surface area contributed by atoms with Gasteiger partial charge in [-0.2, -0.15) is 0 Å². The van der Waals surface area contributed by atoms with Gasteiger partial charge in [0.15, 0.2) is 0 Å². The van der Waals surface area contributed by atoms with Gasteiger partial charge in [-0.3, -0.25) is 0 Å². The van der Waals surface area contributed by atoms with Gasteiger partial charge in [-0.05, 0) is 40.9 Å². The zero-order chi connectivity index (χ0) is 14.9. The highest BCUT2D eigenvalue weighted by atomic mass is 79.9. The molecular weight excluding hydrogens is 350 g/mol. The third kappa shape index (κ3) is 3.34. The Morgan fingerprint density at radius 3 is 2.65 bits per heavy atom. The van der Waals surface area contributed by atoms with Crippen LogP contribution >= 0.6 is 15.9 Å². The van der Waals surface area contributed by atoms with Crippen LogP contribution in [0.3, 0.4) is 0 Å². The van der Waals surface area contributed by atoms with E-state index in [0.717, 1.165) is 12.8 Å². The first-order valence-electron chi connectivity index (χ1n) is 5.80. The molecule has 7 nitrogen and oxygen atoms in total. The number of amides is 2. The molecule has 0 spiro atoms. The Morgan fingerprint density at radius 2 is 2.10 bits per heavy atom. The molecule has 2 rings (SSSR count). The lowest BCUT2D eigenvalue weighted by atomic mass is 10.3. The number of hydrogen-bond donors (Lipinski definition) is 3. The van der Waals surface area contributed by atoms with Crippen molar-refractivity contribution in [3.05, 3.63) is 16.6 Å². The van der Waals surface area contributed by atoms with Crippen molar-refractivity contribution in [1.29, 1.82) is 0 Å². The Kier molecular flexibility index (Phi) is 4.09. The van der Waals surface area contributed by atoms with E-state index in [2.05, 4.69) is 21.2 Å². The van der Waals surface area contributed by atoms with E-state index in [1.54, 1.807) is 0 Å². The largest absolute Gasteiger partial charge is 0.495 e. The zero-order valence-corrected chi connectivity index (χ0v) is 13.0. The summed E-state index contributed by atoms with van der Waals surface area (Å²) in [6.07, 6.45) is 1.73. The fraction of sp³-hybridized carbons (Fsp3) is 0.364. The molecule has 110 valence electrons. The summed E-state index contributed by atoms with van der Waals surface area (Å²) in [5.41, 5.74) is 5.90. The summed E-state index contributed by atoms with van der Waals surface area (Å²) in [6.45, 7) is 0. The molecule has 20 heavy (non-hydrogen) atoms. The summed E-state index contributed by atoms with van der Waals surface area (Å²) in [7, 11) is -2.71. The Hall–Kier alpha value is -1.48. The summed E-state index contributed by atoms with van der Waals surface area (Å²) in [5, 5.41) is 2.53. The Balaban J connectivity index is 2.27. The third-order valence-corrected chi connectivity index (χ3v) is 4.75. The normalized spacial score (nSPS) is 14.7. The van der Waals surface area contributed by atoms with E-state index in [-0.39, 0.29) is 22.4 Å². The molecule has 1 saturated carbocycles. The summed E-state index contributed by atoms with van der Waals surface area (Å²) in [6, 6.07) is 1.97. The van der Waals surface area contributed by atoms with E-state index in [1.165, 1.54) is 19.2 Å². The first kappa shape index (κ1) is 14.9. The van der Waals surface area contributed by atoms with Crippen LogP contribution in [-0.2, 0) is 10.0 Å². The van der Waals surface area contributed by atoms with Gasteiger partial charge in [-0.1, -0.05) is 0 Å². The van der Waals surface area contributed by atoms with Crippen molar-refractivity contribution in [1.82, 2.24) is 10.0 Å². The Morgan fingerprint density at radius 1 is 1.45 bits per heavy atom. The maximum Gasteiger partial charge on any atom is 0.328 e. The highest BCUT2D eigenvalue weighted by molar-refractivity contribution is 9.10. The van der Waals surface area contributed by atoms with Crippen LogP contribution < -0.4 is 20.5 Å². The molecule has 9 heteroatoms. The molecule has 1 fully saturated rings. The minimum Gasteiger partial charge on any atom is -0.495 e. The molecule has 0 heterocycles. The van der Waals surface area contributed by atoms with Gasteiger partial charge in [0, 0.05) is 16.2 Å². The predicted molar refractivity (Wildman–Crippen MR) is 77.0 cm³/mol. The Bertz CT molecular complexity index is 643. The van der Waals surface area contributed by atoms with Crippen LogP contribution in [0.4, 0.5) is 10.5 Å². The van der Waals surface area contributed by atoms with Crippen molar-refractivity contribution in [2.75, 3.05) is 12.8 Å². The number of halogens is 1. The van der Waals surface area contributed by atoms with Crippen molar-refractivity contribution in [2.45, 2.75) is 23.8 Å². The molecule has 0 aromatic heterocycles. The van der Waals surface area contributed by atoms with Gasteiger partial charge in [-0.15, -0.1) is 0 Å². The van der Waals surface area contributed by atoms with E-state index in [0.29, 0.717) is 4.47 Å². The number of rotatable bonds is 4. The molecule has 1 aliphatic carbocycles. The summed E-state index contributed by atoms with van der Waals surface area (Å²) in [4.78, 5) is 11.4. The molecule has 0 saturated heterocycles. The molecule has 1 aromatic carbocycles. The molecule has 2 amide bonds. The van der Waals surface area contributed by atoms with Crippen LogP contribution in [0.1, 0.15) is 12.8 Å². The number of nitrogens with two attached hydrogens (primary N) is 1. The van der Waals surface area contributed by atoms with E-state index in [4.69, 9.17) is 10.5 Å². The minimum atomic E-state index is -4.05. The number of methoxy groups -OCH3 is 1. The zero-order valence-electron chi connectivity index (χ0n) is 10.6. The number of urea groups is 1. The van der Waals surface area contributed by atoms with Crippen molar-refractivity contribution in [3.63, 3.8) is 0 Å². The molecule has 1 aromatic rings. The van der Waals surface area contributed by atoms with Crippen LogP contribution in [0.25, 0.3) is 0 Å². The Labute approximate surface area is 125 Å². The van der Waals surface area contributed by atoms with Gasteiger partial charge >= 0.3 is 6.03 Å². The first-order valence-corrected chi connectivity index (χ1v) is 8.07. The topological polar surface area (TPSA) is 111 Å². The number of nitrogens with one attached hydrogen (secondary N) is 2. The van der Waals surface area contributed by atoms with Crippen LogP contribution in [0.5, 0.6) is 5.75 Å². The molecule has 0 aliphatic heterocycles. The molecule has 0 atom stereocenters. The number of sulfonamides is 1. The van der Waals surface area contributed by atoms with Crippen molar-refractivity contribution < 1.29 is 17.9 Å². The van der Waals surface area contributed by atoms with Gasteiger partial charge in [0.2, 0.25) is 0 Å². The quantitative estimate of drug-likeness (QED) is 0.695. The maximum absolute atomic E-state index is 12.2. The number of carbonyl (C=O) groups is 1. The summed E-state index contributed by atoms with van der Waals surface area (Å²) < 4.78 is 31.8. The van der Waals surface area contributed by atoms with Crippen molar-refractivity contribution in [2.24, 2.45) is 0 Å². The number of anilines is 1. The molecule has 0 bridgehead atoms. The lowest BCUT2D eigenvalue weighted by molar-refractivity contribution is 0.245. The smallest absolute Gasteiger partial charge is 0.328 e.